The first-order chi connectivity index (χ1) is 13.7. The van der Waals surface area contributed by atoms with Gasteiger partial charge in [-0.05, 0) is 40.1 Å². The van der Waals surface area contributed by atoms with Gasteiger partial charge < -0.3 is 10.1 Å². The molecule has 0 spiro atoms. The van der Waals surface area contributed by atoms with E-state index >= 15 is 0 Å². The summed E-state index contributed by atoms with van der Waals surface area (Å²) >= 11 is 0. The minimum absolute atomic E-state index is 0.297. The first-order valence-corrected chi connectivity index (χ1v) is 8.49. The average molecular weight is 373 g/mol. The molecule has 0 saturated heterocycles. The zero-order chi connectivity index (χ0) is 19.3. The quantitative estimate of drug-likeness (QED) is 0.540. The van der Waals surface area contributed by atoms with Crippen molar-refractivity contribution in [1.29, 1.82) is 0 Å². The number of benzene rings is 3. The summed E-state index contributed by atoms with van der Waals surface area (Å²) in [6, 6.07) is 19.9. The summed E-state index contributed by atoms with van der Waals surface area (Å²) in [5.41, 5.74) is 1.57. The van der Waals surface area contributed by atoms with Crippen LogP contribution in [0.3, 0.4) is 0 Å². The minimum atomic E-state index is -0.608. The molecule has 138 valence electrons. The van der Waals surface area contributed by atoms with E-state index in [9.17, 15) is 9.59 Å². The van der Waals surface area contributed by atoms with Gasteiger partial charge in [0.05, 0.1) is 11.3 Å². The number of rotatable bonds is 5. The highest BCUT2D eigenvalue weighted by Gasteiger charge is 2.12. The SMILES string of the molecule is O=C(COC(=O)c1cccc(-n2cnnn2)c1)Nc1cccc2ccccc12. The molecule has 8 nitrogen and oxygen atoms in total. The highest BCUT2D eigenvalue weighted by Crippen LogP contribution is 2.22. The Bertz CT molecular complexity index is 1140. The molecule has 8 heteroatoms. The third-order valence-electron chi connectivity index (χ3n) is 4.09. The zero-order valence-corrected chi connectivity index (χ0v) is 14.6. The van der Waals surface area contributed by atoms with Crippen LogP contribution in [0, 0.1) is 0 Å². The third kappa shape index (κ3) is 3.70. The van der Waals surface area contributed by atoms with Gasteiger partial charge in [-0.25, -0.2) is 9.48 Å². The third-order valence-corrected chi connectivity index (χ3v) is 4.09. The maximum atomic E-state index is 12.3. The molecule has 3 aromatic carbocycles. The predicted molar refractivity (Wildman–Crippen MR) is 102 cm³/mol. The number of ether oxygens (including phenoxy) is 1. The van der Waals surface area contributed by atoms with Gasteiger partial charge in [-0.2, -0.15) is 0 Å². The summed E-state index contributed by atoms with van der Waals surface area (Å²) in [5.74, 6) is -1.02. The summed E-state index contributed by atoms with van der Waals surface area (Å²) < 4.78 is 6.56. The molecule has 0 aliphatic carbocycles. The molecule has 0 bridgehead atoms. The predicted octanol–water partition coefficient (Wildman–Crippen LogP) is 2.61. The van der Waals surface area contributed by atoms with Crippen molar-refractivity contribution in [3.63, 3.8) is 0 Å². The number of nitrogens with zero attached hydrogens (tertiary/aromatic N) is 4. The molecule has 0 radical (unpaired) electrons. The summed E-state index contributed by atoms with van der Waals surface area (Å²) in [7, 11) is 0. The van der Waals surface area contributed by atoms with E-state index in [0.29, 0.717) is 16.9 Å². The second kappa shape index (κ2) is 7.67. The van der Waals surface area contributed by atoms with Gasteiger partial charge in [-0.3, -0.25) is 4.79 Å². The number of nitrogens with one attached hydrogen (secondary N) is 1. The molecule has 0 aliphatic rings. The molecule has 0 saturated carbocycles. The molecule has 4 rings (SSSR count). The fourth-order valence-corrected chi connectivity index (χ4v) is 2.79. The Hall–Kier alpha value is -4.07. The van der Waals surface area contributed by atoms with Crippen LogP contribution in [0.5, 0.6) is 0 Å². The van der Waals surface area contributed by atoms with Crippen LogP contribution in [-0.4, -0.2) is 38.7 Å². The lowest BCUT2D eigenvalue weighted by Crippen LogP contribution is -2.21. The molecule has 1 N–H and O–H groups in total. The van der Waals surface area contributed by atoms with Gasteiger partial charge in [0.15, 0.2) is 6.61 Å². The molecule has 0 atom stereocenters. The number of amides is 1. The van der Waals surface area contributed by atoms with Crippen molar-refractivity contribution in [3.8, 4) is 5.69 Å². The summed E-state index contributed by atoms with van der Waals surface area (Å²) in [5, 5.41) is 15.6. The average Bonchev–Trinajstić information content (AvgIpc) is 3.27. The lowest BCUT2D eigenvalue weighted by atomic mass is 10.1. The lowest BCUT2D eigenvalue weighted by molar-refractivity contribution is -0.119. The van der Waals surface area contributed by atoms with Crippen molar-refractivity contribution in [2.75, 3.05) is 11.9 Å². The van der Waals surface area contributed by atoms with Crippen molar-refractivity contribution in [2.45, 2.75) is 0 Å². The Labute approximate surface area is 159 Å². The molecular formula is C20H15N5O3. The Balaban J connectivity index is 1.41. The van der Waals surface area contributed by atoms with Crippen LogP contribution in [0.25, 0.3) is 16.5 Å². The van der Waals surface area contributed by atoms with Crippen LogP contribution in [0.1, 0.15) is 10.4 Å². The number of carbonyl (C=O) groups excluding carboxylic acids is 2. The first kappa shape index (κ1) is 17.3. The Morgan fingerprint density at radius 3 is 2.68 bits per heavy atom. The molecule has 1 amide bonds. The zero-order valence-electron chi connectivity index (χ0n) is 14.6. The highest BCUT2D eigenvalue weighted by molar-refractivity contribution is 6.03. The number of hydrogen-bond acceptors (Lipinski definition) is 6. The Kier molecular flexibility index (Phi) is 4.75. The van der Waals surface area contributed by atoms with Crippen LogP contribution >= 0.6 is 0 Å². The van der Waals surface area contributed by atoms with Gasteiger partial charge in [0, 0.05) is 11.1 Å². The lowest BCUT2D eigenvalue weighted by Gasteiger charge is -2.09. The van der Waals surface area contributed by atoms with E-state index in [1.807, 2.05) is 36.4 Å². The second-order valence-electron chi connectivity index (χ2n) is 5.96. The van der Waals surface area contributed by atoms with Crippen LogP contribution in [0.4, 0.5) is 5.69 Å². The van der Waals surface area contributed by atoms with Gasteiger partial charge >= 0.3 is 5.97 Å². The molecular weight excluding hydrogens is 358 g/mol. The first-order valence-electron chi connectivity index (χ1n) is 8.49. The Morgan fingerprint density at radius 2 is 1.82 bits per heavy atom. The number of aromatic nitrogens is 4. The number of fused-ring (bicyclic) bond motifs is 1. The number of anilines is 1. The van der Waals surface area contributed by atoms with Gasteiger partial charge in [-0.1, -0.05) is 42.5 Å². The molecule has 0 aliphatic heterocycles. The molecule has 4 aromatic rings. The summed E-state index contributed by atoms with van der Waals surface area (Å²) in [6.45, 7) is -0.392. The fourth-order valence-electron chi connectivity index (χ4n) is 2.79. The summed E-state index contributed by atoms with van der Waals surface area (Å²) in [6.07, 6.45) is 1.42. The maximum absolute atomic E-state index is 12.3. The van der Waals surface area contributed by atoms with E-state index in [2.05, 4.69) is 20.8 Å². The fraction of sp³-hybridized carbons (Fsp3) is 0.0500. The monoisotopic (exact) mass is 373 g/mol. The van der Waals surface area contributed by atoms with Crippen molar-refractivity contribution >= 4 is 28.3 Å². The smallest absolute Gasteiger partial charge is 0.338 e. The number of carbonyl (C=O) groups is 2. The van der Waals surface area contributed by atoms with Crippen LogP contribution in [-0.2, 0) is 9.53 Å². The largest absolute Gasteiger partial charge is 0.452 e. The van der Waals surface area contributed by atoms with Gasteiger partial charge in [0.2, 0.25) is 0 Å². The van der Waals surface area contributed by atoms with E-state index in [-0.39, 0.29) is 0 Å². The summed E-state index contributed by atoms with van der Waals surface area (Å²) in [4.78, 5) is 24.5. The van der Waals surface area contributed by atoms with Crippen molar-refractivity contribution in [2.24, 2.45) is 0 Å². The van der Waals surface area contributed by atoms with E-state index in [4.69, 9.17) is 4.74 Å². The number of hydrogen-bond donors (Lipinski definition) is 1. The molecule has 1 heterocycles. The van der Waals surface area contributed by atoms with Gasteiger partial charge in [0.1, 0.15) is 6.33 Å². The van der Waals surface area contributed by atoms with E-state index in [0.717, 1.165) is 10.8 Å². The standard InChI is InChI=1S/C20H15N5O3/c26-19(22-18-10-4-6-14-5-1-2-9-17(14)18)12-28-20(27)15-7-3-8-16(11-15)25-13-21-23-24-25/h1-11,13H,12H2,(H,22,26). The Morgan fingerprint density at radius 1 is 1.00 bits per heavy atom. The van der Waals surface area contributed by atoms with Crippen molar-refractivity contribution < 1.29 is 14.3 Å². The topological polar surface area (TPSA) is 99.0 Å². The molecule has 28 heavy (non-hydrogen) atoms. The van der Waals surface area contributed by atoms with Gasteiger partial charge in [-0.15, -0.1) is 5.10 Å². The van der Waals surface area contributed by atoms with Crippen molar-refractivity contribution in [3.05, 3.63) is 78.6 Å². The van der Waals surface area contributed by atoms with Crippen LogP contribution in [0.15, 0.2) is 73.1 Å². The van der Waals surface area contributed by atoms with E-state index in [1.165, 1.54) is 11.0 Å². The molecule has 1 aromatic heterocycles. The molecule has 0 fully saturated rings. The number of esters is 1. The number of tetrazole rings is 1. The van der Waals surface area contributed by atoms with Gasteiger partial charge in [0.25, 0.3) is 5.91 Å². The van der Waals surface area contributed by atoms with E-state index < -0.39 is 18.5 Å². The van der Waals surface area contributed by atoms with Crippen LogP contribution in [0.2, 0.25) is 0 Å². The molecule has 0 unspecified atom stereocenters. The van der Waals surface area contributed by atoms with E-state index in [1.54, 1.807) is 30.3 Å². The van der Waals surface area contributed by atoms with Crippen molar-refractivity contribution in [1.82, 2.24) is 20.2 Å². The maximum Gasteiger partial charge on any atom is 0.338 e. The second-order valence-corrected chi connectivity index (χ2v) is 5.96. The normalized spacial score (nSPS) is 10.6. The minimum Gasteiger partial charge on any atom is -0.452 e. The highest BCUT2D eigenvalue weighted by atomic mass is 16.5. The van der Waals surface area contributed by atoms with Crippen LogP contribution < -0.4 is 5.32 Å².